The molecule has 0 radical (unpaired) electrons. The van der Waals surface area contributed by atoms with E-state index in [-0.39, 0.29) is 0 Å². The third-order valence-electron chi connectivity index (χ3n) is 4.01. The van der Waals surface area contributed by atoms with Crippen molar-refractivity contribution in [2.24, 2.45) is 0 Å². The summed E-state index contributed by atoms with van der Waals surface area (Å²) in [6, 6.07) is 2.02. The fraction of sp³-hybridized carbons (Fsp3) is 0.312. The highest BCUT2D eigenvalue weighted by Gasteiger charge is 2.43. The summed E-state index contributed by atoms with van der Waals surface area (Å²) in [5.41, 5.74) is 1.06. The molecule has 7 heteroatoms. The first kappa shape index (κ1) is 14.2. The summed E-state index contributed by atoms with van der Waals surface area (Å²) in [7, 11) is 0. The zero-order valence-electron chi connectivity index (χ0n) is 13.0. The molecule has 23 heavy (non-hydrogen) atoms. The van der Waals surface area contributed by atoms with Gasteiger partial charge in [0.2, 0.25) is 0 Å². The normalized spacial score (nSPS) is 19.7. The molecule has 0 amide bonds. The van der Waals surface area contributed by atoms with Gasteiger partial charge in [-0.1, -0.05) is 12.7 Å². The minimum absolute atomic E-state index is 0.406. The van der Waals surface area contributed by atoms with E-state index in [1.807, 2.05) is 32.2 Å². The van der Waals surface area contributed by atoms with Gasteiger partial charge in [-0.3, -0.25) is 0 Å². The molecule has 0 spiro atoms. The van der Waals surface area contributed by atoms with E-state index in [1.54, 1.807) is 22.3 Å². The van der Waals surface area contributed by atoms with Crippen molar-refractivity contribution in [2.75, 3.05) is 0 Å². The standard InChI is InChI=1S/C16H16N6S/c1-4-11-7-17-16(23-11)13-5-12(13)14-6-15(21-9(2)20-14)22-10(3)18-8-19-22/h4,6-8,12-13H,1,5H2,2-3H3. The van der Waals surface area contributed by atoms with Gasteiger partial charge in [0.25, 0.3) is 0 Å². The highest BCUT2D eigenvalue weighted by atomic mass is 32.1. The van der Waals surface area contributed by atoms with Gasteiger partial charge in [-0.05, 0) is 20.3 Å². The second-order valence-corrected chi connectivity index (χ2v) is 6.76. The SMILES string of the molecule is C=Cc1cnc(C2CC2c2cc(-n3ncnc3C)nc(C)n2)s1. The largest absolute Gasteiger partial charge is 0.249 e. The first-order valence-corrected chi connectivity index (χ1v) is 8.28. The van der Waals surface area contributed by atoms with E-state index in [9.17, 15) is 0 Å². The molecule has 3 heterocycles. The Bertz CT molecular complexity index is 880. The van der Waals surface area contributed by atoms with Crippen molar-refractivity contribution in [3.63, 3.8) is 0 Å². The molecular weight excluding hydrogens is 308 g/mol. The maximum Gasteiger partial charge on any atom is 0.159 e. The van der Waals surface area contributed by atoms with Crippen LogP contribution in [0.5, 0.6) is 0 Å². The Labute approximate surface area is 138 Å². The number of nitrogens with zero attached hydrogens (tertiary/aromatic N) is 6. The molecule has 0 bridgehead atoms. The Kier molecular flexibility index (Phi) is 3.30. The predicted molar refractivity (Wildman–Crippen MR) is 88.7 cm³/mol. The first-order valence-electron chi connectivity index (χ1n) is 7.46. The molecule has 0 saturated heterocycles. The van der Waals surface area contributed by atoms with Gasteiger partial charge in [-0.2, -0.15) is 9.78 Å². The Hall–Kier alpha value is -2.41. The molecule has 2 atom stereocenters. The zero-order valence-corrected chi connectivity index (χ0v) is 13.8. The van der Waals surface area contributed by atoms with Gasteiger partial charge >= 0.3 is 0 Å². The molecule has 1 saturated carbocycles. The van der Waals surface area contributed by atoms with Gasteiger partial charge in [-0.15, -0.1) is 11.3 Å². The van der Waals surface area contributed by atoms with Crippen LogP contribution in [-0.2, 0) is 0 Å². The summed E-state index contributed by atoms with van der Waals surface area (Å²) in [6.45, 7) is 7.62. The number of hydrogen-bond acceptors (Lipinski definition) is 6. The zero-order chi connectivity index (χ0) is 16.0. The summed E-state index contributed by atoms with van der Waals surface area (Å²) < 4.78 is 1.74. The number of thiazole rings is 1. The maximum atomic E-state index is 4.62. The van der Waals surface area contributed by atoms with Crippen LogP contribution in [-0.4, -0.2) is 29.7 Å². The van der Waals surface area contributed by atoms with Gasteiger partial charge in [0.1, 0.15) is 18.0 Å². The molecule has 3 aromatic rings. The van der Waals surface area contributed by atoms with Crippen molar-refractivity contribution in [1.82, 2.24) is 29.7 Å². The van der Waals surface area contributed by atoms with E-state index in [0.717, 1.165) is 34.5 Å². The Morgan fingerprint density at radius 2 is 2.13 bits per heavy atom. The lowest BCUT2D eigenvalue weighted by Crippen LogP contribution is -2.06. The molecule has 1 aliphatic carbocycles. The Morgan fingerprint density at radius 1 is 1.26 bits per heavy atom. The van der Waals surface area contributed by atoms with E-state index in [0.29, 0.717) is 11.8 Å². The third-order valence-corrected chi connectivity index (χ3v) is 5.13. The molecule has 0 aliphatic heterocycles. The van der Waals surface area contributed by atoms with E-state index < -0.39 is 0 Å². The van der Waals surface area contributed by atoms with Gasteiger partial charge in [0, 0.05) is 29.0 Å². The third kappa shape index (κ3) is 2.57. The second kappa shape index (κ2) is 5.34. The molecule has 0 N–H and O–H groups in total. The monoisotopic (exact) mass is 324 g/mol. The van der Waals surface area contributed by atoms with Crippen molar-refractivity contribution < 1.29 is 0 Å². The fourth-order valence-electron chi connectivity index (χ4n) is 2.76. The van der Waals surface area contributed by atoms with Crippen molar-refractivity contribution in [1.29, 1.82) is 0 Å². The van der Waals surface area contributed by atoms with Crippen LogP contribution in [0.15, 0.2) is 25.2 Å². The minimum atomic E-state index is 0.406. The number of hydrogen-bond donors (Lipinski definition) is 0. The molecule has 116 valence electrons. The van der Waals surface area contributed by atoms with E-state index in [1.165, 1.54) is 5.01 Å². The van der Waals surface area contributed by atoms with Crippen LogP contribution in [0.25, 0.3) is 11.9 Å². The topological polar surface area (TPSA) is 69.4 Å². The first-order chi connectivity index (χ1) is 11.2. The number of aromatic nitrogens is 6. The average Bonchev–Trinajstić information content (AvgIpc) is 2.99. The quantitative estimate of drug-likeness (QED) is 0.738. The van der Waals surface area contributed by atoms with E-state index >= 15 is 0 Å². The molecule has 6 nitrogen and oxygen atoms in total. The van der Waals surface area contributed by atoms with Gasteiger partial charge in [0.15, 0.2) is 5.82 Å². The molecule has 0 aromatic carbocycles. The molecule has 2 unspecified atom stereocenters. The maximum absolute atomic E-state index is 4.62. The average molecular weight is 324 g/mol. The van der Waals surface area contributed by atoms with Crippen LogP contribution in [0.3, 0.4) is 0 Å². The van der Waals surface area contributed by atoms with Crippen molar-refractivity contribution in [3.05, 3.63) is 52.4 Å². The molecule has 4 rings (SSSR count). The van der Waals surface area contributed by atoms with Crippen LogP contribution in [0.2, 0.25) is 0 Å². The van der Waals surface area contributed by atoms with E-state index in [2.05, 4.69) is 31.6 Å². The highest BCUT2D eigenvalue weighted by Crippen LogP contribution is 2.55. The minimum Gasteiger partial charge on any atom is -0.249 e. The molecule has 3 aromatic heterocycles. The van der Waals surface area contributed by atoms with Crippen LogP contribution in [0.4, 0.5) is 0 Å². The van der Waals surface area contributed by atoms with Gasteiger partial charge in [0.05, 0.1) is 10.7 Å². The summed E-state index contributed by atoms with van der Waals surface area (Å²) in [5, 5.41) is 5.40. The molecule has 1 aliphatic rings. The second-order valence-electron chi connectivity index (χ2n) is 5.67. The van der Waals surface area contributed by atoms with Crippen molar-refractivity contribution in [3.8, 4) is 5.82 Å². The highest BCUT2D eigenvalue weighted by molar-refractivity contribution is 7.12. The van der Waals surface area contributed by atoms with E-state index in [4.69, 9.17) is 0 Å². The molecule has 1 fully saturated rings. The van der Waals surface area contributed by atoms with Crippen molar-refractivity contribution >= 4 is 17.4 Å². The Morgan fingerprint density at radius 3 is 2.83 bits per heavy atom. The lowest BCUT2D eigenvalue weighted by Gasteiger charge is -2.06. The lowest BCUT2D eigenvalue weighted by atomic mass is 10.2. The van der Waals surface area contributed by atoms with Gasteiger partial charge < -0.3 is 0 Å². The van der Waals surface area contributed by atoms with Crippen LogP contribution in [0, 0.1) is 13.8 Å². The van der Waals surface area contributed by atoms with Crippen LogP contribution < -0.4 is 0 Å². The van der Waals surface area contributed by atoms with Crippen LogP contribution >= 0.6 is 11.3 Å². The Balaban J connectivity index is 1.64. The van der Waals surface area contributed by atoms with Crippen molar-refractivity contribution in [2.45, 2.75) is 32.1 Å². The number of rotatable bonds is 4. The van der Waals surface area contributed by atoms with Crippen LogP contribution in [0.1, 0.15) is 45.5 Å². The lowest BCUT2D eigenvalue weighted by molar-refractivity contribution is 0.784. The van der Waals surface area contributed by atoms with Gasteiger partial charge in [-0.25, -0.2) is 19.9 Å². The summed E-state index contributed by atoms with van der Waals surface area (Å²) >= 11 is 1.71. The smallest absolute Gasteiger partial charge is 0.159 e. The summed E-state index contributed by atoms with van der Waals surface area (Å²) in [4.78, 5) is 18.9. The number of aryl methyl sites for hydroxylation is 2. The summed E-state index contributed by atoms with van der Waals surface area (Å²) in [6.07, 6.45) is 6.35. The molecular formula is C16H16N6S. The fourth-order valence-corrected chi connectivity index (χ4v) is 3.71. The predicted octanol–water partition coefficient (Wildman–Crippen LogP) is 3.04. The summed E-state index contributed by atoms with van der Waals surface area (Å²) in [5.74, 6) is 3.20.